The van der Waals surface area contributed by atoms with Gasteiger partial charge in [-0.15, -0.1) is 0 Å². The van der Waals surface area contributed by atoms with Gasteiger partial charge in [-0.05, 0) is 83.1 Å². The minimum atomic E-state index is -0.843. The second kappa shape index (κ2) is 14.6. The predicted octanol–water partition coefficient (Wildman–Crippen LogP) is 5.80. The fourth-order valence-corrected chi connectivity index (χ4v) is 3.64. The molecule has 12 nitrogen and oxygen atoms in total. The zero-order chi connectivity index (χ0) is 29.9. The van der Waals surface area contributed by atoms with Crippen LogP contribution in [0.5, 0.6) is 0 Å². The summed E-state index contributed by atoms with van der Waals surface area (Å²) in [6, 6.07) is 0. The van der Waals surface area contributed by atoms with Crippen LogP contribution in [-0.2, 0) is 23.7 Å². The van der Waals surface area contributed by atoms with Gasteiger partial charge in [-0.25, -0.2) is 14.4 Å². The van der Waals surface area contributed by atoms with Crippen molar-refractivity contribution < 1.29 is 38.1 Å². The lowest BCUT2D eigenvalue weighted by Crippen LogP contribution is -2.46. The number of guanidine groups is 1. The molecule has 14 heteroatoms. The first-order chi connectivity index (χ1) is 16.9. The Morgan fingerprint density at radius 3 is 1.47 bits per heavy atom. The van der Waals surface area contributed by atoms with Gasteiger partial charge in [-0.2, -0.15) is 9.39 Å². The normalized spacial score (nSPS) is 12.7. The molecule has 0 bridgehead atoms. The SMILES string of the molecule is CC(C)(C)OC(=O)CC(CSSN=C(NC(=O)OC(C)(C)C)NC(=O)OC(C)(C)C)=NC(=O)OC(C)(C)C. The summed E-state index contributed by atoms with van der Waals surface area (Å²) < 4.78 is 25.0. The van der Waals surface area contributed by atoms with Gasteiger partial charge >= 0.3 is 24.2 Å². The Bertz CT molecular complexity index is 876. The Hall–Kier alpha value is -2.48. The number of amides is 3. The summed E-state index contributed by atoms with van der Waals surface area (Å²) in [6.45, 7) is 20.4. The second-order valence-electron chi connectivity index (χ2n) is 12.0. The van der Waals surface area contributed by atoms with Crippen LogP contribution < -0.4 is 10.6 Å². The number of ether oxygens (including phenoxy) is 4. The minimum Gasteiger partial charge on any atom is -0.460 e. The summed E-state index contributed by atoms with van der Waals surface area (Å²) in [4.78, 5) is 52.9. The molecule has 0 spiro atoms. The van der Waals surface area contributed by atoms with Crippen LogP contribution in [0.4, 0.5) is 14.4 Å². The van der Waals surface area contributed by atoms with Crippen molar-refractivity contribution in [2.45, 2.75) is 112 Å². The van der Waals surface area contributed by atoms with Crippen LogP contribution in [0.15, 0.2) is 9.39 Å². The monoisotopic (exact) mass is 578 g/mol. The van der Waals surface area contributed by atoms with Gasteiger partial charge < -0.3 is 18.9 Å². The highest BCUT2D eigenvalue weighted by molar-refractivity contribution is 8.76. The third kappa shape index (κ3) is 21.6. The Labute approximate surface area is 233 Å². The van der Waals surface area contributed by atoms with E-state index < -0.39 is 46.7 Å². The van der Waals surface area contributed by atoms with Gasteiger partial charge in [0.05, 0.1) is 6.42 Å². The molecule has 0 heterocycles. The lowest BCUT2D eigenvalue weighted by atomic mass is 10.2. The van der Waals surface area contributed by atoms with Crippen molar-refractivity contribution in [1.82, 2.24) is 10.6 Å². The van der Waals surface area contributed by atoms with Crippen LogP contribution in [0.1, 0.15) is 89.5 Å². The van der Waals surface area contributed by atoms with Crippen molar-refractivity contribution in [3.63, 3.8) is 0 Å². The molecule has 0 aliphatic heterocycles. The molecule has 0 aliphatic rings. The number of nitrogens with one attached hydrogen (secondary N) is 2. The van der Waals surface area contributed by atoms with Gasteiger partial charge in [0, 0.05) is 22.4 Å². The average molecular weight is 579 g/mol. The lowest BCUT2D eigenvalue weighted by Gasteiger charge is -2.22. The van der Waals surface area contributed by atoms with Crippen LogP contribution in [0.2, 0.25) is 0 Å². The maximum absolute atomic E-state index is 12.3. The van der Waals surface area contributed by atoms with Gasteiger partial charge in [0.25, 0.3) is 0 Å². The van der Waals surface area contributed by atoms with Crippen molar-refractivity contribution >= 4 is 57.7 Å². The van der Waals surface area contributed by atoms with E-state index in [1.807, 2.05) is 0 Å². The maximum Gasteiger partial charge on any atom is 0.434 e. The molecule has 0 aromatic rings. The summed E-state index contributed by atoms with van der Waals surface area (Å²) >= 11 is 0. The molecule has 2 N–H and O–H groups in total. The number of carbonyl (C=O) groups excluding carboxylic acids is 4. The fraction of sp³-hybridized carbons (Fsp3) is 0.750. The Kier molecular flexibility index (Phi) is 13.7. The summed E-state index contributed by atoms with van der Waals surface area (Å²) in [5.74, 6) is -0.713. The highest BCUT2D eigenvalue weighted by Gasteiger charge is 2.23. The van der Waals surface area contributed by atoms with E-state index in [-0.39, 0.29) is 23.8 Å². The molecule has 0 unspecified atom stereocenters. The number of esters is 1. The van der Waals surface area contributed by atoms with Gasteiger partial charge in [0.1, 0.15) is 22.4 Å². The standard InChI is InChI=1S/C24H42N4O8S2/c1-21(2,3)33-16(29)13-15(25-18(30)34-22(4,5)6)14-37-38-28-17(26-19(31)35-23(7,8)9)27-20(32)36-24(10,11)12/h13-14H2,1-12H3,(H2,26,27,28,31,32). The number of rotatable bonds is 6. The molecule has 3 amide bonds. The second-order valence-corrected chi connectivity index (χ2v) is 14.0. The molecular formula is C24H42N4O8S2. The van der Waals surface area contributed by atoms with E-state index in [1.165, 1.54) is 0 Å². The molecular weight excluding hydrogens is 536 g/mol. The van der Waals surface area contributed by atoms with Crippen molar-refractivity contribution in [2.24, 2.45) is 9.39 Å². The zero-order valence-electron chi connectivity index (χ0n) is 24.4. The third-order valence-corrected chi connectivity index (χ3v) is 4.76. The van der Waals surface area contributed by atoms with Crippen LogP contribution in [0.25, 0.3) is 0 Å². The Morgan fingerprint density at radius 1 is 0.658 bits per heavy atom. The fourth-order valence-electron chi connectivity index (χ4n) is 2.12. The van der Waals surface area contributed by atoms with Crippen LogP contribution >= 0.6 is 21.8 Å². The van der Waals surface area contributed by atoms with E-state index in [0.29, 0.717) is 0 Å². The molecule has 0 aromatic heterocycles. The van der Waals surface area contributed by atoms with E-state index in [4.69, 9.17) is 18.9 Å². The minimum absolute atomic E-state index is 0.0822. The topological polar surface area (TPSA) is 154 Å². The average Bonchev–Trinajstić information content (AvgIpc) is 2.58. The first-order valence-corrected chi connectivity index (χ1v) is 14.1. The molecule has 0 saturated heterocycles. The first kappa shape index (κ1) is 35.5. The largest absolute Gasteiger partial charge is 0.460 e. The van der Waals surface area contributed by atoms with Gasteiger partial charge in [-0.1, -0.05) is 10.8 Å². The van der Waals surface area contributed by atoms with E-state index in [0.717, 1.165) is 21.8 Å². The molecule has 0 atom stereocenters. The van der Waals surface area contributed by atoms with Gasteiger partial charge in [0.15, 0.2) is 0 Å². The van der Waals surface area contributed by atoms with Crippen molar-refractivity contribution in [2.75, 3.05) is 5.75 Å². The van der Waals surface area contributed by atoms with Gasteiger partial charge in [-0.3, -0.25) is 15.4 Å². The Balaban J connectivity index is 5.55. The van der Waals surface area contributed by atoms with E-state index in [2.05, 4.69) is 20.0 Å². The van der Waals surface area contributed by atoms with Crippen molar-refractivity contribution in [1.29, 1.82) is 0 Å². The number of hydrogen-bond donors (Lipinski definition) is 2. The molecule has 0 fully saturated rings. The maximum atomic E-state index is 12.3. The molecule has 38 heavy (non-hydrogen) atoms. The number of carbonyl (C=O) groups is 4. The number of aliphatic imine (C=N–C) groups is 1. The van der Waals surface area contributed by atoms with Crippen molar-refractivity contribution in [3.05, 3.63) is 0 Å². The Morgan fingerprint density at radius 2 is 1.08 bits per heavy atom. The summed E-state index contributed by atoms with van der Waals surface area (Å²) in [7, 11) is 1.96. The quantitative estimate of drug-likeness (QED) is 0.0752. The van der Waals surface area contributed by atoms with Crippen LogP contribution in [0, 0.1) is 0 Å². The predicted molar refractivity (Wildman–Crippen MR) is 150 cm³/mol. The first-order valence-electron chi connectivity index (χ1n) is 11.8. The third-order valence-electron chi connectivity index (χ3n) is 3.06. The molecule has 0 aromatic carbocycles. The van der Waals surface area contributed by atoms with E-state index in [1.54, 1.807) is 83.1 Å². The van der Waals surface area contributed by atoms with E-state index >= 15 is 0 Å². The number of alkyl carbamates (subject to hydrolysis) is 2. The summed E-state index contributed by atoms with van der Waals surface area (Å²) in [6.07, 6.45) is -2.76. The van der Waals surface area contributed by atoms with E-state index in [9.17, 15) is 19.2 Å². The highest BCUT2D eigenvalue weighted by Crippen LogP contribution is 2.24. The summed E-state index contributed by atoms with van der Waals surface area (Å²) in [5.41, 5.74) is -2.84. The zero-order valence-corrected chi connectivity index (χ0v) is 26.0. The molecule has 0 radical (unpaired) electrons. The van der Waals surface area contributed by atoms with Crippen molar-refractivity contribution in [3.8, 4) is 0 Å². The smallest absolute Gasteiger partial charge is 0.434 e. The van der Waals surface area contributed by atoms with Crippen LogP contribution in [0.3, 0.4) is 0 Å². The molecule has 0 aliphatic carbocycles. The van der Waals surface area contributed by atoms with Crippen LogP contribution in [-0.4, -0.2) is 64.1 Å². The van der Waals surface area contributed by atoms with Gasteiger partial charge in [0.2, 0.25) is 5.96 Å². The highest BCUT2D eigenvalue weighted by atomic mass is 33.1. The number of hydrogen-bond acceptors (Lipinski definition) is 11. The molecule has 0 saturated carbocycles. The molecule has 0 rings (SSSR count). The summed E-state index contributed by atoms with van der Waals surface area (Å²) in [5, 5.41) is 4.72. The molecule has 218 valence electrons. The number of nitrogens with zero attached hydrogens (tertiary/aromatic N) is 2. The lowest BCUT2D eigenvalue weighted by molar-refractivity contribution is -0.153.